The van der Waals surface area contributed by atoms with E-state index in [9.17, 15) is 13.2 Å². The zero-order valence-corrected chi connectivity index (χ0v) is 18.5. The van der Waals surface area contributed by atoms with Gasteiger partial charge in [0.05, 0.1) is 10.9 Å². The molecule has 0 bridgehead atoms. The molecule has 2 aromatic rings. The van der Waals surface area contributed by atoms with Crippen LogP contribution >= 0.6 is 11.3 Å². The van der Waals surface area contributed by atoms with Crippen LogP contribution in [0, 0.1) is 0 Å². The molecule has 154 valence electrons. The number of sulfonamides is 1. The molecule has 0 saturated carbocycles. The molecule has 0 radical (unpaired) electrons. The van der Waals surface area contributed by atoms with Crippen molar-refractivity contribution in [2.75, 3.05) is 33.0 Å². The highest BCUT2D eigenvalue weighted by Gasteiger charge is 2.23. The van der Waals surface area contributed by atoms with E-state index >= 15 is 0 Å². The maximum absolute atomic E-state index is 12.5. The van der Waals surface area contributed by atoms with Gasteiger partial charge in [0.2, 0.25) is 10.0 Å². The van der Waals surface area contributed by atoms with Crippen LogP contribution in [0.15, 0.2) is 46.7 Å². The molecule has 7 nitrogen and oxygen atoms in total. The molecule has 0 aliphatic heterocycles. The molecule has 28 heavy (non-hydrogen) atoms. The Balaban J connectivity index is 1.97. The number of anilines is 1. The molecule has 1 aromatic heterocycles. The summed E-state index contributed by atoms with van der Waals surface area (Å²) in [5.41, 5.74) is 0.529. The zero-order chi connectivity index (χ0) is 20.9. The summed E-state index contributed by atoms with van der Waals surface area (Å²) in [6, 6.07) is 9.82. The molecule has 0 saturated heterocycles. The Kier molecular flexibility index (Phi) is 7.59. The van der Waals surface area contributed by atoms with Gasteiger partial charge in [-0.1, -0.05) is 6.07 Å². The molecule has 1 unspecified atom stereocenters. The van der Waals surface area contributed by atoms with Crippen molar-refractivity contribution in [3.8, 4) is 0 Å². The molecule has 0 aliphatic rings. The number of likely N-dealkylation sites (N-methyl/N-ethyl adjacent to an activating group) is 1. The van der Waals surface area contributed by atoms with Crippen molar-refractivity contribution in [2.24, 2.45) is 0 Å². The van der Waals surface area contributed by atoms with Gasteiger partial charge in [-0.2, -0.15) is 4.31 Å². The van der Waals surface area contributed by atoms with Gasteiger partial charge in [0, 0.05) is 30.2 Å². The van der Waals surface area contributed by atoms with Gasteiger partial charge in [-0.05, 0) is 63.7 Å². The molecule has 0 aliphatic carbocycles. The average molecular weight is 425 g/mol. The van der Waals surface area contributed by atoms with Crippen molar-refractivity contribution in [3.63, 3.8) is 0 Å². The van der Waals surface area contributed by atoms with Gasteiger partial charge in [0.1, 0.15) is 0 Å². The second-order valence-corrected chi connectivity index (χ2v) is 9.95. The Labute approximate surface area is 171 Å². The van der Waals surface area contributed by atoms with Crippen LogP contribution in [0.1, 0.15) is 24.8 Å². The third-order valence-electron chi connectivity index (χ3n) is 4.47. The van der Waals surface area contributed by atoms with Gasteiger partial charge in [-0.3, -0.25) is 0 Å². The van der Waals surface area contributed by atoms with Crippen molar-refractivity contribution in [1.82, 2.24) is 14.5 Å². The molecular weight excluding hydrogens is 396 g/mol. The van der Waals surface area contributed by atoms with Crippen molar-refractivity contribution in [1.29, 1.82) is 0 Å². The van der Waals surface area contributed by atoms with Crippen LogP contribution < -0.4 is 10.6 Å². The number of nitrogens with zero attached hydrogens (tertiary/aromatic N) is 2. The summed E-state index contributed by atoms with van der Waals surface area (Å²) in [6.07, 6.45) is 0. The summed E-state index contributed by atoms with van der Waals surface area (Å²) in [4.78, 5) is 15.6. The van der Waals surface area contributed by atoms with Gasteiger partial charge in [0.15, 0.2) is 0 Å². The molecule has 1 atom stereocenters. The van der Waals surface area contributed by atoms with Gasteiger partial charge in [-0.25, -0.2) is 13.2 Å². The SMILES string of the molecule is CC(C)N(C)S(=O)(=O)c1ccc(NC(=O)NCC(c2cccs2)N(C)C)cc1. The van der Waals surface area contributed by atoms with Crippen LogP contribution in [-0.4, -0.2) is 57.4 Å². The van der Waals surface area contributed by atoms with Crippen LogP contribution in [-0.2, 0) is 10.0 Å². The first kappa shape index (κ1) is 22.4. The van der Waals surface area contributed by atoms with Crippen LogP contribution in [0.5, 0.6) is 0 Å². The fourth-order valence-electron chi connectivity index (χ4n) is 2.54. The molecule has 2 rings (SSSR count). The molecule has 0 spiro atoms. The van der Waals surface area contributed by atoms with E-state index in [1.54, 1.807) is 30.5 Å². The van der Waals surface area contributed by atoms with E-state index in [0.29, 0.717) is 12.2 Å². The van der Waals surface area contributed by atoms with E-state index in [1.165, 1.54) is 21.3 Å². The minimum Gasteiger partial charge on any atom is -0.336 e. The Morgan fingerprint density at radius 2 is 1.75 bits per heavy atom. The smallest absolute Gasteiger partial charge is 0.319 e. The van der Waals surface area contributed by atoms with Gasteiger partial charge in [0.25, 0.3) is 0 Å². The Morgan fingerprint density at radius 3 is 2.25 bits per heavy atom. The third-order valence-corrected chi connectivity index (χ3v) is 7.49. The summed E-state index contributed by atoms with van der Waals surface area (Å²) in [7, 11) is 1.95. The minimum atomic E-state index is -3.54. The van der Waals surface area contributed by atoms with Crippen LogP contribution in [0.4, 0.5) is 10.5 Å². The number of hydrogen-bond acceptors (Lipinski definition) is 5. The van der Waals surface area contributed by atoms with E-state index in [2.05, 4.69) is 15.5 Å². The van der Waals surface area contributed by atoms with Crippen molar-refractivity contribution in [3.05, 3.63) is 46.7 Å². The second kappa shape index (κ2) is 9.51. The van der Waals surface area contributed by atoms with E-state index in [4.69, 9.17) is 0 Å². The Morgan fingerprint density at radius 1 is 1.11 bits per heavy atom. The summed E-state index contributed by atoms with van der Waals surface area (Å²) < 4.78 is 26.3. The molecule has 0 fully saturated rings. The van der Waals surface area contributed by atoms with E-state index in [0.717, 1.165) is 0 Å². The number of amides is 2. The number of hydrogen-bond donors (Lipinski definition) is 2. The van der Waals surface area contributed by atoms with Crippen molar-refractivity contribution < 1.29 is 13.2 Å². The average Bonchev–Trinajstić information content (AvgIpc) is 3.15. The molecule has 1 aromatic carbocycles. The first-order valence-corrected chi connectivity index (χ1v) is 11.3. The largest absolute Gasteiger partial charge is 0.336 e. The summed E-state index contributed by atoms with van der Waals surface area (Å²) in [5, 5.41) is 7.62. The number of nitrogens with one attached hydrogen (secondary N) is 2. The topological polar surface area (TPSA) is 81.8 Å². The predicted molar refractivity (Wildman–Crippen MR) is 114 cm³/mol. The lowest BCUT2D eigenvalue weighted by Gasteiger charge is -2.23. The predicted octanol–water partition coefficient (Wildman–Crippen LogP) is 3.20. The summed E-state index contributed by atoms with van der Waals surface area (Å²) >= 11 is 1.65. The van der Waals surface area contributed by atoms with E-state index in [1.807, 2.05) is 45.5 Å². The van der Waals surface area contributed by atoms with Gasteiger partial charge >= 0.3 is 6.03 Å². The van der Waals surface area contributed by atoms with E-state index in [-0.39, 0.29) is 23.0 Å². The number of thiophene rings is 1. The molecular formula is C19H28N4O3S2. The Hall–Kier alpha value is -1.94. The first-order valence-electron chi connectivity index (χ1n) is 8.95. The fourth-order valence-corrected chi connectivity index (χ4v) is 4.83. The molecule has 9 heteroatoms. The molecule has 2 amide bonds. The third kappa shape index (κ3) is 5.54. The standard InChI is InChI=1S/C19H28N4O3S2/c1-14(2)23(5)28(25,26)16-10-8-15(9-11-16)21-19(24)20-13-17(22(3)4)18-7-6-12-27-18/h6-12,14,17H,13H2,1-5H3,(H2,20,21,24). The highest BCUT2D eigenvalue weighted by atomic mass is 32.2. The summed E-state index contributed by atoms with van der Waals surface area (Å²) in [6.45, 7) is 4.09. The van der Waals surface area contributed by atoms with E-state index < -0.39 is 10.0 Å². The van der Waals surface area contributed by atoms with Crippen LogP contribution in [0.2, 0.25) is 0 Å². The number of carbonyl (C=O) groups is 1. The number of urea groups is 1. The fraction of sp³-hybridized carbons (Fsp3) is 0.421. The normalized spacial score (nSPS) is 13.1. The second-order valence-electron chi connectivity index (χ2n) is 6.97. The van der Waals surface area contributed by atoms with Gasteiger partial charge < -0.3 is 15.5 Å². The maximum Gasteiger partial charge on any atom is 0.319 e. The number of benzene rings is 1. The lowest BCUT2D eigenvalue weighted by atomic mass is 10.2. The minimum absolute atomic E-state index is 0.0878. The highest BCUT2D eigenvalue weighted by Crippen LogP contribution is 2.22. The highest BCUT2D eigenvalue weighted by molar-refractivity contribution is 7.89. The zero-order valence-electron chi connectivity index (χ0n) is 16.8. The van der Waals surface area contributed by atoms with Gasteiger partial charge in [-0.15, -0.1) is 11.3 Å². The van der Waals surface area contributed by atoms with Crippen LogP contribution in [0.25, 0.3) is 0 Å². The first-order chi connectivity index (χ1) is 13.1. The van der Waals surface area contributed by atoms with Crippen LogP contribution in [0.3, 0.4) is 0 Å². The monoisotopic (exact) mass is 424 g/mol. The lowest BCUT2D eigenvalue weighted by Crippen LogP contribution is -2.36. The number of carbonyl (C=O) groups excluding carboxylic acids is 1. The molecule has 2 N–H and O–H groups in total. The van der Waals surface area contributed by atoms with Crippen molar-refractivity contribution in [2.45, 2.75) is 30.8 Å². The number of rotatable bonds is 8. The quantitative estimate of drug-likeness (QED) is 0.682. The summed E-state index contributed by atoms with van der Waals surface area (Å²) in [5.74, 6) is 0. The molecule has 1 heterocycles. The maximum atomic E-state index is 12.5. The lowest BCUT2D eigenvalue weighted by molar-refractivity contribution is 0.244. The van der Waals surface area contributed by atoms with Crippen molar-refractivity contribution >= 4 is 33.1 Å². The Bertz CT molecular complexity index is 863.